The van der Waals surface area contributed by atoms with E-state index in [-0.39, 0.29) is 47.5 Å². The van der Waals surface area contributed by atoms with Gasteiger partial charge in [0, 0.05) is 44.7 Å². The number of imide groups is 1. The van der Waals surface area contributed by atoms with Crippen molar-refractivity contribution in [1.82, 2.24) is 20.4 Å². The summed E-state index contributed by atoms with van der Waals surface area (Å²) >= 11 is 0. The van der Waals surface area contributed by atoms with Crippen LogP contribution in [0.25, 0.3) is 0 Å². The van der Waals surface area contributed by atoms with Gasteiger partial charge in [-0.05, 0) is 45.6 Å². The monoisotopic (exact) mass is 517 g/mol. The van der Waals surface area contributed by atoms with Gasteiger partial charge >= 0.3 is 6.09 Å². The molecule has 2 aliphatic heterocycles. The summed E-state index contributed by atoms with van der Waals surface area (Å²) in [5.74, 6) is -1.82. The number of nitrogens with one attached hydrogen (secondary N) is 2. The van der Waals surface area contributed by atoms with Gasteiger partial charge in [0.05, 0.1) is 16.1 Å². The molecular weight excluding hydrogens is 486 g/mol. The summed E-state index contributed by atoms with van der Waals surface area (Å²) in [5, 5.41) is 16.3. The number of ether oxygens (including phenoxy) is 1. The fourth-order valence-corrected chi connectivity index (χ4v) is 4.10. The summed E-state index contributed by atoms with van der Waals surface area (Å²) in [6.45, 7) is 6.22. The van der Waals surface area contributed by atoms with Gasteiger partial charge in [0.25, 0.3) is 17.5 Å². The highest BCUT2D eigenvalue weighted by molar-refractivity contribution is 6.22. The van der Waals surface area contributed by atoms with Gasteiger partial charge in [-0.15, -0.1) is 0 Å². The Morgan fingerprint density at radius 2 is 1.73 bits per heavy atom. The van der Waals surface area contributed by atoms with Crippen molar-refractivity contribution < 1.29 is 33.6 Å². The minimum absolute atomic E-state index is 0.0409. The molecule has 3 rings (SSSR count). The van der Waals surface area contributed by atoms with Crippen molar-refractivity contribution in [2.45, 2.75) is 45.6 Å². The number of hydrogen-bond donors (Lipinski definition) is 2. The number of nitro groups is 1. The first-order chi connectivity index (χ1) is 17.4. The number of rotatable bonds is 8. The molecule has 200 valence electrons. The number of benzene rings is 1. The Hall–Kier alpha value is -4.03. The van der Waals surface area contributed by atoms with Gasteiger partial charge in [-0.25, -0.2) is 4.79 Å². The Kier molecular flexibility index (Phi) is 8.46. The third-order valence-electron chi connectivity index (χ3n) is 6.03. The maximum atomic E-state index is 12.8. The van der Waals surface area contributed by atoms with Crippen molar-refractivity contribution in [1.29, 1.82) is 0 Å². The zero-order chi connectivity index (χ0) is 27.3. The average molecular weight is 518 g/mol. The first kappa shape index (κ1) is 27.6. The summed E-state index contributed by atoms with van der Waals surface area (Å²) < 4.78 is 5.11. The number of non-ortho nitro benzene ring substituents is 1. The number of hydrogen-bond acceptors (Lipinski definition) is 8. The normalized spacial score (nSPS) is 15.9. The van der Waals surface area contributed by atoms with Gasteiger partial charge in [-0.3, -0.25) is 34.2 Å². The zero-order valence-electron chi connectivity index (χ0n) is 21.1. The van der Waals surface area contributed by atoms with Gasteiger partial charge < -0.3 is 20.3 Å². The molecule has 0 aromatic heterocycles. The number of amides is 5. The lowest BCUT2D eigenvalue weighted by molar-refractivity contribution is -0.384. The lowest BCUT2D eigenvalue weighted by atomic mass is 9.96. The molecule has 0 aliphatic carbocycles. The Morgan fingerprint density at radius 3 is 2.35 bits per heavy atom. The molecule has 2 N–H and O–H groups in total. The van der Waals surface area contributed by atoms with Crippen LogP contribution in [0.5, 0.6) is 0 Å². The summed E-state index contributed by atoms with van der Waals surface area (Å²) in [7, 11) is 0. The summed E-state index contributed by atoms with van der Waals surface area (Å²) in [4.78, 5) is 74.3. The number of alkyl carbamates (subject to hydrolysis) is 1. The predicted molar refractivity (Wildman–Crippen MR) is 130 cm³/mol. The number of nitrogens with zero attached hydrogens (tertiary/aromatic N) is 3. The second-order valence-corrected chi connectivity index (χ2v) is 9.99. The SMILES string of the molecule is CC(C)(C)OC(=O)NCCC(=O)NCC1CCN(C(=O)CN2C(=O)c3ccc([N+](=O)[O-])cc3C2=O)CC1. The minimum Gasteiger partial charge on any atom is -0.444 e. The highest BCUT2D eigenvalue weighted by Gasteiger charge is 2.39. The largest absolute Gasteiger partial charge is 0.444 e. The van der Waals surface area contributed by atoms with Crippen molar-refractivity contribution in [3.63, 3.8) is 0 Å². The van der Waals surface area contributed by atoms with E-state index in [0.29, 0.717) is 32.5 Å². The standard InChI is InChI=1S/C24H31N5O8/c1-24(2,3)37-23(34)25-9-6-19(30)26-13-15-7-10-27(11-8-15)20(31)14-28-21(32)17-5-4-16(29(35)36)12-18(17)22(28)33/h4-5,12,15H,6-11,13-14H2,1-3H3,(H,25,34)(H,26,30). The Bertz CT molecular complexity index is 1100. The molecule has 37 heavy (non-hydrogen) atoms. The first-order valence-corrected chi connectivity index (χ1v) is 12.0. The molecule has 1 fully saturated rings. The Balaban J connectivity index is 1.39. The molecule has 0 spiro atoms. The van der Waals surface area contributed by atoms with Crippen LogP contribution in [0.15, 0.2) is 18.2 Å². The molecule has 0 atom stereocenters. The maximum Gasteiger partial charge on any atom is 0.407 e. The highest BCUT2D eigenvalue weighted by atomic mass is 16.6. The molecule has 1 saturated heterocycles. The fourth-order valence-electron chi connectivity index (χ4n) is 4.10. The van der Waals surface area contributed by atoms with Gasteiger partial charge in [0.15, 0.2) is 0 Å². The quantitative estimate of drug-likeness (QED) is 0.297. The molecule has 1 aromatic rings. The molecule has 13 nitrogen and oxygen atoms in total. The topological polar surface area (TPSA) is 168 Å². The van der Waals surface area contributed by atoms with Crippen molar-refractivity contribution >= 4 is 35.4 Å². The average Bonchev–Trinajstić information content (AvgIpc) is 3.06. The van der Waals surface area contributed by atoms with E-state index in [2.05, 4.69) is 10.6 Å². The molecule has 0 bridgehead atoms. The van der Waals surface area contributed by atoms with Crippen LogP contribution in [-0.2, 0) is 14.3 Å². The maximum absolute atomic E-state index is 12.8. The Morgan fingerprint density at radius 1 is 1.08 bits per heavy atom. The second kappa shape index (κ2) is 11.4. The van der Waals surface area contributed by atoms with Gasteiger partial charge in [-0.2, -0.15) is 0 Å². The fraction of sp³-hybridized carbons (Fsp3) is 0.542. The van der Waals surface area contributed by atoms with E-state index in [1.54, 1.807) is 25.7 Å². The molecule has 0 unspecified atom stereocenters. The van der Waals surface area contributed by atoms with Crippen molar-refractivity contribution in [3.05, 3.63) is 39.4 Å². The van der Waals surface area contributed by atoms with Gasteiger partial charge in [0.2, 0.25) is 11.8 Å². The number of piperidine rings is 1. The first-order valence-electron chi connectivity index (χ1n) is 12.0. The van der Waals surface area contributed by atoms with E-state index < -0.39 is 35.0 Å². The second-order valence-electron chi connectivity index (χ2n) is 9.99. The van der Waals surface area contributed by atoms with Crippen LogP contribution in [0, 0.1) is 16.0 Å². The van der Waals surface area contributed by atoms with Gasteiger partial charge in [0.1, 0.15) is 12.1 Å². The van der Waals surface area contributed by atoms with E-state index in [0.717, 1.165) is 17.0 Å². The molecule has 0 saturated carbocycles. The molecule has 13 heteroatoms. The molecule has 2 heterocycles. The van der Waals surface area contributed by atoms with Crippen molar-refractivity contribution in [2.75, 3.05) is 32.7 Å². The van der Waals surface area contributed by atoms with Crippen molar-refractivity contribution in [3.8, 4) is 0 Å². The van der Waals surface area contributed by atoms with Crippen LogP contribution < -0.4 is 10.6 Å². The molecule has 0 radical (unpaired) electrons. The van der Waals surface area contributed by atoms with Crippen LogP contribution >= 0.6 is 0 Å². The van der Waals surface area contributed by atoms with Crippen LogP contribution in [-0.4, -0.2) is 82.8 Å². The third kappa shape index (κ3) is 7.24. The van der Waals surface area contributed by atoms with E-state index in [1.807, 2.05) is 0 Å². The summed E-state index contributed by atoms with van der Waals surface area (Å²) in [6, 6.07) is 3.43. The molecule has 1 aromatic carbocycles. The van der Waals surface area contributed by atoms with E-state index >= 15 is 0 Å². The number of carbonyl (C=O) groups is 5. The summed E-state index contributed by atoms with van der Waals surface area (Å²) in [5.41, 5.74) is -0.959. The zero-order valence-corrected chi connectivity index (χ0v) is 21.1. The Labute approximate surface area is 213 Å². The predicted octanol–water partition coefficient (Wildman–Crippen LogP) is 1.46. The lowest BCUT2D eigenvalue weighted by Crippen LogP contribution is -2.46. The smallest absolute Gasteiger partial charge is 0.407 e. The number of likely N-dealkylation sites (tertiary alicyclic amines) is 1. The van der Waals surface area contributed by atoms with E-state index in [4.69, 9.17) is 4.74 Å². The van der Waals surface area contributed by atoms with Gasteiger partial charge in [-0.1, -0.05) is 0 Å². The minimum atomic E-state index is -0.726. The van der Waals surface area contributed by atoms with Crippen LogP contribution in [0.4, 0.5) is 10.5 Å². The summed E-state index contributed by atoms with van der Waals surface area (Å²) in [6.07, 6.45) is 0.798. The van der Waals surface area contributed by atoms with E-state index in [1.165, 1.54) is 6.07 Å². The van der Waals surface area contributed by atoms with Crippen LogP contribution in [0.2, 0.25) is 0 Å². The van der Waals surface area contributed by atoms with Crippen LogP contribution in [0.3, 0.4) is 0 Å². The molecular formula is C24H31N5O8. The molecule has 2 aliphatic rings. The van der Waals surface area contributed by atoms with Crippen molar-refractivity contribution in [2.24, 2.45) is 5.92 Å². The van der Waals surface area contributed by atoms with E-state index in [9.17, 15) is 34.1 Å². The lowest BCUT2D eigenvalue weighted by Gasteiger charge is -2.32. The third-order valence-corrected chi connectivity index (χ3v) is 6.03. The number of fused-ring (bicyclic) bond motifs is 1. The van der Waals surface area contributed by atoms with Crippen LogP contribution in [0.1, 0.15) is 60.7 Å². The highest BCUT2D eigenvalue weighted by Crippen LogP contribution is 2.27. The number of nitro benzene ring substituents is 1. The number of carbonyl (C=O) groups excluding carboxylic acids is 5. The molecule has 5 amide bonds.